The van der Waals surface area contributed by atoms with E-state index in [2.05, 4.69) is 52.9 Å². The number of fused-ring (bicyclic) bond motifs is 1. The fraction of sp³-hybridized carbons (Fsp3) is 0.680. The molecule has 1 atom stereocenters. The number of hydrogen-bond acceptors (Lipinski definition) is 6. The molecule has 2 aliphatic heterocycles. The molecule has 3 heterocycles. The number of carbonyl (C=O) groups is 1. The molecular weight excluding hydrogens is 418 g/mol. The van der Waals surface area contributed by atoms with E-state index in [1.807, 2.05) is 0 Å². The molecule has 1 unspecified atom stereocenters. The summed E-state index contributed by atoms with van der Waals surface area (Å²) in [5.74, 6) is 0.284. The fourth-order valence-corrected chi connectivity index (χ4v) is 6.25. The molecule has 7 heteroatoms. The number of carbonyl (C=O) groups excluding carboxylic acids is 1. The lowest BCUT2D eigenvalue weighted by Gasteiger charge is -2.34. The van der Waals surface area contributed by atoms with E-state index in [4.69, 9.17) is 4.98 Å². The van der Waals surface area contributed by atoms with Crippen molar-refractivity contribution in [2.45, 2.75) is 46.5 Å². The van der Waals surface area contributed by atoms with Gasteiger partial charge in [0, 0.05) is 45.8 Å². The monoisotopic (exact) mass is 457 g/mol. The Bertz CT molecular complexity index is 905. The third-order valence-corrected chi connectivity index (χ3v) is 7.90. The maximum Gasteiger partial charge on any atom is 0.224 e. The number of rotatable bonds is 8. The van der Waals surface area contributed by atoms with Crippen molar-refractivity contribution in [1.29, 1.82) is 0 Å². The summed E-state index contributed by atoms with van der Waals surface area (Å²) in [5.41, 5.74) is 3.63. The van der Waals surface area contributed by atoms with Gasteiger partial charge in [-0.15, -0.1) is 0 Å². The molecule has 0 spiro atoms. The minimum Gasteiger partial charge on any atom is -0.356 e. The summed E-state index contributed by atoms with van der Waals surface area (Å²) in [6.07, 6.45) is 4.30. The van der Waals surface area contributed by atoms with Gasteiger partial charge in [-0.05, 0) is 69.8 Å². The van der Waals surface area contributed by atoms with Crippen LogP contribution < -0.4 is 10.2 Å². The minimum absolute atomic E-state index is 0.0659. The number of piperazine rings is 1. The molecule has 2 aliphatic rings. The number of benzene rings is 1. The normalized spacial score (nSPS) is 20.7. The molecule has 32 heavy (non-hydrogen) atoms. The third kappa shape index (κ3) is 5.80. The van der Waals surface area contributed by atoms with Crippen molar-refractivity contribution < 1.29 is 4.79 Å². The summed E-state index contributed by atoms with van der Waals surface area (Å²) in [6.45, 7) is 16.1. The molecule has 176 valence electrons. The number of thiazole rings is 1. The van der Waals surface area contributed by atoms with Crippen LogP contribution in [0.3, 0.4) is 0 Å². The number of nitrogens with one attached hydrogen (secondary N) is 1. The van der Waals surface area contributed by atoms with Gasteiger partial charge in [0.15, 0.2) is 5.13 Å². The Morgan fingerprint density at radius 1 is 1.12 bits per heavy atom. The SMILES string of the molecule is CCCN1CCN(CCCNC(=O)C2CCCN(c3nc4c(C)cc(C)cc4s3)C2)CC1. The lowest BCUT2D eigenvalue weighted by molar-refractivity contribution is -0.125. The van der Waals surface area contributed by atoms with Crippen LogP contribution in [0.25, 0.3) is 10.2 Å². The number of aryl methyl sites for hydroxylation is 2. The highest BCUT2D eigenvalue weighted by Crippen LogP contribution is 2.33. The van der Waals surface area contributed by atoms with Gasteiger partial charge in [-0.2, -0.15) is 0 Å². The number of amides is 1. The zero-order valence-corrected chi connectivity index (χ0v) is 20.8. The Morgan fingerprint density at radius 2 is 1.88 bits per heavy atom. The number of aromatic nitrogens is 1. The third-order valence-electron chi connectivity index (χ3n) is 6.84. The predicted molar refractivity (Wildman–Crippen MR) is 135 cm³/mol. The van der Waals surface area contributed by atoms with Gasteiger partial charge in [-0.25, -0.2) is 4.98 Å². The summed E-state index contributed by atoms with van der Waals surface area (Å²) >= 11 is 1.76. The quantitative estimate of drug-likeness (QED) is 0.613. The highest BCUT2D eigenvalue weighted by Gasteiger charge is 2.27. The number of piperidine rings is 1. The molecule has 1 amide bonds. The van der Waals surface area contributed by atoms with Crippen LogP contribution in [-0.4, -0.2) is 79.6 Å². The average Bonchev–Trinajstić information content (AvgIpc) is 3.22. The van der Waals surface area contributed by atoms with E-state index < -0.39 is 0 Å². The van der Waals surface area contributed by atoms with Gasteiger partial charge < -0.3 is 20.0 Å². The number of nitrogens with zero attached hydrogens (tertiary/aromatic N) is 4. The van der Waals surface area contributed by atoms with E-state index in [-0.39, 0.29) is 11.8 Å². The summed E-state index contributed by atoms with van der Waals surface area (Å²) in [4.78, 5) is 25.2. The fourth-order valence-electron chi connectivity index (χ4n) is 5.07. The van der Waals surface area contributed by atoms with E-state index in [0.29, 0.717) is 0 Å². The van der Waals surface area contributed by atoms with Crippen molar-refractivity contribution in [1.82, 2.24) is 20.1 Å². The van der Waals surface area contributed by atoms with Gasteiger partial charge in [0.1, 0.15) is 0 Å². The topological polar surface area (TPSA) is 51.7 Å². The van der Waals surface area contributed by atoms with Crippen LogP contribution in [0.1, 0.15) is 43.7 Å². The summed E-state index contributed by atoms with van der Waals surface area (Å²) in [6, 6.07) is 4.42. The Hall–Kier alpha value is -1.70. The molecule has 0 aliphatic carbocycles. The molecule has 2 aromatic rings. The zero-order chi connectivity index (χ0) is 22.5. The van der Waals surface area contributed by atoms with Crippen LogP contribution in [0.2, 0.25) is 0 Å². The first-order valence-corrected chi connectivity index (χ1v) is 13.2. The minimum atomic E-state index is 0.0659. The molecule has 2 fully saturated rings. The van der Waals surface area contributed by atoms with Crippen molar-refractivity contribution >= 4 is 32.6 Å². The maximum absolute atomic E-state index is 12.8. The van der Waals surface area contributed by atoms with E-state index >= 15 is 0 Å². The van der Waals surface area contributed by atoms with Crippen LogP contribution in [0.4, 0.5) is 5.13 Å². The highest BCUT2D eigenvalue weighted by atomic mass is 32.1. The van der Waals surface area contributed by atoms with Crippen LogP contribution >= 0.6 is 11.3 Å². The number of anilines is 1. The van der Waals surface area contributed by atoms with Crippen LogP contribution in [0, 0.1) is 19.8 Å². The van der Waals surface area contributed by atoms with Crippen LogP contribution in [-0.2, 0) is 4.79 Å². The molecule has 4 rings (SSSR count). The van der Waals surface area contributed by atoms with Gasteiger partial charge in [0.2, 0.25) is 5.91 Å². The second kappa shape index (κ2) is 10.9. The van der Waals surface area contributed by atoms with E-state index in [0.717, 1.165) is 69.2 Å². The molecule has 0 bridgehead atoms. The molecular formula is C25H39N5OS. The molecule has 1 N–H and O–H groups in total. The summed E-state index contributed by atoms with van der Waals surface area (Å²) < 4.78 is 1.25. The van der Waals surface area contributed by atoms with E-state index in [9.17, 15) is 4.79 Å². The van der Waals surface area contributed by atoms with Crippen molar-refractivity contribution in [3.63, 3.8) is 0 Å². The van der Waals surface area contributed by atoms with Gasteiger partial charge in [-0.3, -0.25) is 4.79 Å². The highest BCUT2D eigenvalue weighted by molar-refractivity contribution is 7.22. The van der Waals surface area contributed by atoms with Crippen molar-refractivity contribution in [2.24, 2.45) is 5.92 Å². The molecule has 6 nitrogen and oxygen atoms in total. The van der Waals surface area contributed by atoms with Gasteiger partial charge in [0.25, 0.3) is 0 Å². The van der Waals surface area contributed by atoms with E-state index in [1.54, 1.807) is 11.3 Å². The smallest absolute Gasteiger partial charge is 0.224 e. The van der Waals surface area contributed by atoms with E-state index in [1.165, 1.54) is 41.9 Å². The molecule has 0 radical (unpaired) electrons. The predicted octanol–water partition coefficient (Wildman–Crippen LogP) is 3.66. The van der Waals surface area contributed by atoms with Crippen molar-refractivity contribution in [2.75, 3.05) is 63.8 Å². The second-order valence-corrected chi connectivity index (χ2v) is 10.5. The van der Waals surface area contributed by atoms with Crippen LogP contribution in [0.15, 0.2) is 12.1 Å². The molecule has 1 aromatic heterocycles. The Morgan fingerprint density at radius 3 is 2.62 bits per heavy atom. The lowest BCUT2D eigenvalue weighted by Crippen LogP contribution is -2.47. The first-order chi connectivity index (χ1) is 15.5. The molecule has 0 saturated carbocycles. The summed E-state index contributed by atoms with van der Waals surface area (Å²) in [5, 5.41) is 4.28. The zero-order valence-electron chi connectivity index (χ0n) is 20.0. The maximum atomic E-state index is 12.8. The largest absolute Gasteiger partial charge is 0.356 e. The number of hydrogen-bond donors (Lipinski definition) is 1. The standard InChI is InChI=1S/C25H39N5OS/c1-4-9-28-12-14-29(15-13-28)10-6-8-26-24(31)21-7-5-11-30(18-21)25-27-23-20(3)16-19(2)17-22(23)32-25/h16-17,21H,4-15,18H2,1-3H3,(H,26,31). The van der Waals surface area contributed by atoms with Gasteiger partial charge in [-0.1, -0.05) is 24.3 Å². The van der Waals surface area contributed by atoms with Crippen molar-refractivity contribution in [3.05, 3.63) is 23.3 Å². The Kier molecular flexibility index (Phi) is 8.02. The first kappa shape index (κ1) is 23.5. The van der Waals surface area contributed by atoms with Gasteiger partial charge in [0.05, 0.1) is 16.1 Å². The molecule has 2 saturated heterocycles. The summed E-state index contributed by atoms with van der Waals surface area (Å²) in [7, 11) is 0. The van der Waals surface area contributed by atoms with Crippen molar-refractivity contribution in [3.8, 4) is 0 Å². The van der Waals surface area contributed by atoms with Gasteiger partial charge >= 0.3 is 0 Å². The lowest BCUT2D eigenvalue weighted by atomic mass is 9.97. The Labute approximate surface area is 197 Å². The Balaban J connectivity index is 1.22. The average molecular weight is 458 g/mol. The van der Waals surface area contributed by atoms with Crippen LogP contribution in [0.5, 0.6) is 0 Å². The second-order valence-electron chi connectivity index (χ2n) is 9.54. The first-order valence-electron chi connectivity index (χ1n) is 12.4. The molecule has 1 aromatic carbocycles.